The first-order valence-corrected chi connectivity index (χ1v) is 11.8. The molecule has 3 N–H and O–H groups in total. The summed E-state index contributed by atoms with van der Waals surface area (Å²) in [5, 5.41) is 11.8. The molecular weight excluding hydrogens is 509 g/mol. The Kier molecular flexibility index (Phi) is 6.63. The second kappa shape index (κ2) is 10.2. The number of carbonyl (C=O) groups excluding carboxylic acids is 3. The lowest BCUT2D eigenvalue weighted by Gasteiger charge is -2.10. The molecular formula is C26H22FN7O5. The molecule has 0 spiro atoms. The van der Waals surface area contributed by atoms with Crippen molar-refractivity contribution in [2.45, 2.75) is 13.1 Å². The van der Waals surface area contributed by atoms with Crippen LogP contribution in [0.5, 0.6) is 0 Å². The van der Waals surface area contributed by atoms with E-state index in [0.717, 1.165) is 16.3 Å². The third kappa shape index (κ3) is 4.97. The number of carbonyl (C=O) groups is 3. The number of nitrogens with zero attached hydrogens (tertiary/aromatic N) is 4. The van der Waals surface area contributed by atoms with Crippen LogP contribution >= 0.6 is 0 Å². The minimum Gasteiger partial charge on any atom is -0.408 e. The number of rotatable bonds is 7. The number of hydrogen-bond donors (Lipinski definition) is 3. The standard InChI is InChI=1S/C26H22FN7O5/c1-28-23(35)16-6-3-14(4-7-16)11-30-25(37)20-10-18(32-22-17(27)13-31-34(20)22)24(36)29-12-15-5-8-21-19(9-15)33(2)26(38)39-21/h3-10,13H,11-12H2,1-2H3,(H,28,35)(H,29,36)(H,30,37). The van der Waals surface area contributed by atoms with E-state index in [1.165, 1.54) is 17.7 Å². The molecule has 0 aliphatic carbocycles. The highest BCUT2D eigenvalue weighted by Gasteiger charge is 2.20. The molecule has 0 bridgehead atoms. The van der Waals surface area contributed by atoms with Crippen molar-refractivity contribution >= 4 is 34.5 Å². The maximum Gasteiger partial charge on any atom is 0.419 e. The number of oxazole rings is 1. The van der Waals surface area contributed by atoms with Gasteiger partial charge in [-0.2, -0.15) is 5.10 Å². The number of aryl methyl sites for hydroxylation is 1. The van der Waals surface area contributed by atoms with E-state index in [0.29, 0.717) is 22.2 Å². The average Bonchev–Trinajstić information content (AvgIpc) is 3.47. The van der Waals surface area contributed by atoms with Gasteiger partial charge < -0.3 is 20.4 Å². The van der Waals surface area contributed by atoms with E-state index in [2.05, 4.69) is 26.0 Å². The summed E-state index contributed by atoms with van der Waals surface area (Å²) < 4.78 is 21.8. The molecule has 3 aromatic heterocycles. The van der Waals surface area contributed by atoms with Gasteiger partial charge in [0.15, 0.2) is 17.0 Å². The Morgan fingerprint density at radius 1 is 0.949 bits per heavy atom. The second-order valence-electron chi connectivity index (χ2n) is 8.63. The molecule has 0 unspecified atom stereocenters. The SMILES string of the molecule is CNC(=O)c1ccc(CNC(=O)c2cc(C(=O)NCc3ccc4oc(=O)n(C)c4c3)nc3c(F)cnn23)cc1. The highest BCUT2D eigenvalue weighted by atomic mass is 19.1. The molecule has 12 nitrogen and oxygen atoms in total. The van der Waals surface area contributed by atoms with Crippen LogP contribution in [0.3, 0.4) is 0 Å². The van der Waals surface area contributed by atoms with Gasteiger partial charge >= 0.3 is 5.76 Å². The maximum absolute atomic E-state index is 14.4. The Labute approximate surface area is 219 Å². The van der Waals surface area contributed by atoms with Crippen molar-refractivity contribution in [1.29, 1.82) is 0 Å². The van der Waals surface area contributed by atoms with Crippen molar-refractivity contribution in [3.05, 3.63) is 99.2 Å². The van der Waals surface area contributed by atoms with E-state index in [9.17, 15) is 23.6 Å². The molecule has 5 rings (SSSR count). The molecule has 198 valence electrons. The summed E-state index contributed by atoms with van der Waals surface area (Å²) in [6.07, 6.45) is 0.905. The Morgan fingerprint density at radius 3 is 2.38 bits per heavy atom. The van der Waals surface area contributed by atoms with E-state index in [-0.39, 0.29) is 36.0 Å². The van der Waals surface area contributed by atoms with Gasteiger partial charge in [0, 0.05) is 38.8 Å². The Hall–Kier alpha value is -5.33. The number of aromatic nitrogens is 4. The second-order valence-corrected chi connectivity index (χ2v) is 8.63. The summed E-state index contributed by atoms with van der Waals surface area (Å²) in [7, 11) is 3.10. The number of benzene rings is 2. The van der Waals surface area contributed by atoms with Crippen molar-refractivity contribution in [2.24, 2.45) is 7.05 Å². The molecule has 0 fully saturated rings. The van der Waals surface area contributed by atoms with E-state index in [1.807, 2.05) is 0 Å². The summed E-state index contributed by atoms with van der Waals surface area (Å²) >= 11 is 0. The zero-order valence-electron chi connectivity index (χ0n) is 20.8. The van der Waals surface area contributed by atoms with E-state index < -0.39 is 23.4 Å². The molecule has 3 amide bonds. The third-order valence-electron chi connectivity index (χ3n) is 6.10. The first kappa shape index (κ1) is 25.3. The third-order valence-corrected chi connectivity index (χ3v) is 6.10. The van der Waals surface area contributed by atoms with Crippen LogP contribution in [0.25, 0.3) is 16.7 Å². The van der Waals surface area contributed by atoms with Crippen LogP contribution in [-0.2, 0) is 20.1 Å². The molecule has 0 aliphatic heterocycles. The molecule has 0 aliphatic rings. The van der Waals surface area contributed by atoms with Crippen LogP contribution in [0, 0.1) is 5.82 Å². The van der Waals surface area contributed by atoms with Gasteiger partial charge in [-0.25, -0.2) is 18.7 Å². The van der Waals surface area contributed by atoms with Gasteiger partial charge in [-0.05, 0) is 35.4 Å². The number of halogens is 1. The molecule has 0 radical (unpaired) electrons. The smallest absolute Gasteiger partial charge is 0.408 e. The molecule has 0 atom stereocenters. The van der Waals surface area contributed by atoms with Crippen molar-refractivity contribution < 1.29 is 23.2 Å². The van der Waals surface area contributed by atoms with Gasteiger partial charge in [0.1, 0.15) is 11.4 Å². The summed E-state index contributed by atoms with van der Waals surface area (Å²) in [6.45, 7) is 0.192. The lowest BCUT2D eigenvalue weighted by molar-refractivity contribution is 0.0937. The van der Waals surface area contributed by atoms with Gasteiger partial charge in [0.2, 0.25) is 0 Å². The Bertz CT molecular complexity index is 1800. The maximum atomic E-state index is 14.4. The van der Waals surface area contributed by atoms with Crippen LogP contribution in [0.2, 0.25) is 0 Å². The number of hydrogen-bond acceptors (Lipinski definition) is 7. The molecule has 0 saturated carbocycles. The number of fused-ring (bicyclic) bond motifs is 2. The highest BCUT2D eigenvalue weighted by Crippen LogP contribution is 2.15. The normalized spacial score (nSPS) is 11.1. The lowest BCUT2D eigenvalue weighted by atomic mass is 10.1. The monoisotopic (exact) mass is 531 g/mol. The Balaban J connectivity index is 1.33. The molecule has 2 aromatic carbocycles. The minimum atomic E-state index is -0.796. The van der Waals surface area contributed by atoms with Crippen LogP contribution < -0.4 is 21.7 Å². The fraction of sp³-hybridized carbons (Fsp3) is 0.154. The van der Waals surface area contributed by atoms with Crippen molar-refractivity contribution in [2.75, 3.05) is 7.05 Å². The zero-order valence-corrected chi connectivity index (χ0v) is 20.8. The molecule has 0 saturated heterocycles. The molecule has 13 heteroatoms. The summed E-state index contributed by atoms with van der Waals surface area (Å²) in [6, 6.07) is 12.9. The zero-order chi connectivity index (χ0) is 27.7. The largest absolute Gasteiger partial charge is 0.419 e. The van der Waals surface area contributed by atoms with Crippen molar-refractivity contribution in [3.8, 4) is 0 Å². The van der Waals surface area contributed by atoms with E-state index in [4.69, 9.17) is 4.42 Å². The molecule has 39 heavy (non-hydrogen) atoms. The minimum absolute atomic E-state index is 0.0797. The van der Waals surface area contributed by atoms with Gasteiger partial charge in [-0.1, -0.05) is 18.2 Å². The van der Waals surface area contributed by atoms with Crippen LogP contribution in [0.1, 0.15) is 42.5 Å². The van der Waals surface area contributed by atoms with E-state index in [1.54, 1.807) is 49.5 Å². The first-order valence-electron chi connectivity index (χ1n) is 11.8. The lowest BCUT2D eigenvalue weighted by Crippen LogP contribution is -2.28. The fourth-order valence-corrected chi connectivity index (χ4v) is 3.96. The van der Waals surface area contributed by atoms with Crippen LogP contribution in [0.15, 0.2) is 63.9 Å². The topological polar surface area (TPSA) is 153 Å². The van der Waals surface area contributed by atoms with Crippen molar-refractivity contribution in [3.63, 3.8) is 0 Å². The summed E-state index contributed by atoms with van der Waals surface area (Å²) in [5.41, 5.74) is 2.30. The van der Waals surface area contributed by atoms with Crippen LogP contribution in [0.4, 0.5) is 4.39 Å². The van der Waals surface area contributed by atoms with E-state index >= 15 is 0 Å². The molecule has 5 aromatic rings. The van der Waals surface area contributed by atoms with Crippen molar-refractivity contribution in [1.82, 2.24) is 35.1 Å². The fourth-order valence-electron chi connectivity index (χ4n) is 3.96. The predicted molar refractivity (Wildman–Crippen MR) is 137 cm³/mol. The Morgan fingerprint density at radius 2 is 1.64 bits per heavy atom. The number of amides is 3. The summed E-state index contributed by atoms with van der Waals surface area (Å²) in [5.74, 6) is -2.78. The highest BCUT2D eigenvalue weighted by molar-refractivity contribution is 5.98. The van der Waals surface area contributed by atoms with Crippen LogP contribution in [-0.4, -0.2) is 43.9 Å². The number of nitrogens with one attached hydrogen (secondary N) is 3. The quantitative estimate of drug-likeness (QED) is 0.288. The predicted octanol–water partition coefficient (Wildman–Crippen LogP) is 1.53. The summed E-state index contributed by atoms with van der Waals surface area (Å²) in [4.78, 5) is 53.4. The average molecular weight is 532 g/mol. The molecule has 3 heterocycles. The van der Waals surface area contributed by atoms with Gasteiger partial charge in [0.05, 0.1) is 11.7 Å². The first-order chi connectivity index (χ1) is 18.7. The van der Waals surface area contributed by atoms with Gasteiger partial charge in [0.25, 0.3) is 17.7 Å². The van der Waals surface area contributed by atoms with Gasteiger partial charge in [-0.3, -0.25) is 19.0 Å². The van der Waals surface area contributed by atoms with Gasteiger partial charge in [-0.15, -0.1) is 0 Å².